The molecule has 0 aliphatic rings. The average Bonchev–Trinajstić information content (AvgIpc) is 2.81. The minimum atomic E-state index is -0.456. The number of allylic oxidation sites excluding steroid dienone is 1. The SMILES string of the molecule is COc1ccc(/C=C/C(=O)c2ccc(C(C)C)cc2)cc1COc1ccc([N+](=O)[O-])cc1. The van der Waals surface area contributed by atoms with E-state index in [0.717, 1.165) is 11.1 Å². The first-order valence-electron chi connectivity index (χ1n) is 10.2. The number of nitrogens with zero attached hydrogens (tertiary/aromatic N) is 1. The third kappa shape index (κ3) is 5.82. The number of hydrogen-bond acceptors (Lipinski definition) is 5. The van der Waals surface area contributed by atoms with Crippen LogP contribution in [0.1, 0.15) is 46.8 Å². The molecule has 0 N–H and O–H groups in total. The number of carbonyl (C=O) groups is 1. The minimum Gasteiger partial charge on any atom is -0.496 e. The van der Waals surface area contributed by atoms with Crippen molar-refractivity contribution in [2.75, 3.05) is 7.11 Å². The van der Waals surface area contributed by atoms with Crippen LogP contribution >= 0.6 is 0 Å². The summed E-state index contributed by atoms with van der Waals surface area (Å²) in [5.74, 6) is 1.51. The number of carbonyl (C=O) groups excluding carboxylic acids is 1. The Bertz CT molecular complexity index is 1120. The number of methoxy groups -OCH3 is 1. The molecular formula is C26H25NO5. The molecule has 0 unspecified atom stereocenters. The van der Waals surface area contributed by atoms with Gasteiger partial charge < -0.3 is 9.47 Å². The normalized spacial score (nSPS) is 11.0. The molecule has 6 heteroatoms. The Morgan fingerprint density at radius 2 is 1.72 bits per heavy atom. The van der Waals surface area contributed by atoms with Crippen molar-refractivity contribution in [1.82, 2.24) is 0 Å². The predicted molar refractivity (Wildman–Crippen MR) is 124 cm³/mol. The molecule has 0 heterocycles. The molecule has 3 rings (SSSR count). The quantitative estimate of drug-likeness (QED) is 0.174. The van der Waals surface area contributed by atoms with Crippen molar-refractivity contribution in [3.05, 3.63) is 105 Å². The van der Waals surface area contributed by atoms with Gasteiger partial charge >= 0.3 is 0 Å². The molecule has 0 bridgehead atoms. The van der Waals surface area contributed by atoms with Gasteiger partial charge in [-0.05, 0) is 47.4 Å². The molecule has 32 heavy (non-hydrogen) atoms. The van der Waals surface area contributed by atoms with E-state index in [1.54, 1.807) is 31.4 Å². The molecule has 3 aromatic rings. The largest absolute Gasteiger partial charge is 0.496 e. The van der Waals surface area contributed by atoms with E-state index in [1.165, 1.54) is 17.7 Å². The number of rotatable bonds is 9. The molecule has 0 amide bonds. The molecule has 0 saturated carbocycles. The van der Waals surface area contributed by atoms with Gasteiger partial charge in [-0.25, -0.2) is 0 Å². The van der Waals surface area contributed by atoms with Crippen LogP contribution in [0.4, 0.5) is 5.69 Å². The lowest BCUT2D eigenvalue weighted by molar-refractivity contribution is -0.384. The van der Waals surface area contributed by atoms with Crippen LogP contribution in [0.5, 0.6) is 11.5 Å². The van der Waals surface area contributed by atoms with Gasteiger partial charge in [0, 0.05) is 23.3 Å². The van der Waals surface area contributed by atoms with Crippen molar-refractivity contribution < 1.29 is 19.2 Å². The number of ketones is 1. The lowest BCUT2D eigenvalue weighted by atomic mass is 10.00. The Labute approximate surface area is 187 Å². The highest BCUT2D eigenvalue weighted by Gasteiger charge is 2.08. The number of nitro benzene ring substituents is 1. The summed E-state index contributed by atoms with van der Waals surface area (Å²) in [7, 11) is 1.57. The van der Waals surface area contributed by atoms with Crippen LogP contribution in [-0.2, 0) is 6.61 Å². The second-order valence-corrected chi connectivity index (χ2v) is 7.59. The van der Waals surface area contributed by atoms with Crippen molar-refractivity contribution in [2.45, 2.75) is 26.4 Å². The minimum absolute atomic E-state index is 0.00516. The van der Waals surface area contributed by atoms with E-state index in [1.807, 2.05) is 42.5 Å². The number of nitro groups is 1. The van der Waals surface area contributed by atoms with E-state index in [4.69, 9.17) is 9.47 Å². The first-order valence-corrected chi connectivity index (χ1v) is 10.2. The number of non-ortho nitro benzene ring substituents is 1. The Kier molecular flexibility index (Phi) is 7.39. The molecular weight excluding hydrogens is 406 g/mol. The van der Waals surface area contributed by atoms with Gasteiger partial charge in [-0.3, -0.25) is 14.9 Å². The van der Waals surface area contributed by atoms with Crippen molar-refractivity contribution in [2.24, 2.45) is 0 Å². The lowest BCUT2D eigenvalue weighted by Crippen LogP contribution is -2.00. The van der Waals surface area contributed by atoms with Crippen LogP contribution < -0.4 is 9.47 Å². The summed E-state index contributed by atoms with van der Waals surface area (Å²) in [6.45, 7) is 4.44. The molecule has 0 aromatic heterocycles. The Hall–Kier alpha value is -3.93. The van der Waals surface area contributed by atoms with Crippen LogP contribution in [0.3, 0.4) is 0 Å². The van der Waals surface area contributed by atoms with Gasteiger partial charge in [-0.1, -0.05) is 50.3 Å². The first-order chi connectivity index (χ1) is 15.4. The fourth-order valence-electron chi connectivity index (χ4n) is 3.14. The Balaban J connectivity index is 1.70. The van der Waals surface area contributed by atoms with E-state index >= 15 is 0 Å². The van der Waals surface area contributed by atoms with Crippen molar-refractivity contribution >= 4 is 17.5 Å². The third-order valence-electron chi connectivity index (χ3n) is 5.04. The zero-order valence-corrected chi connectivity index (χ0v) is 18.3. The summed E-state index contributed by atoms with van der Waals surface area (Å²) in [4.78, 5) is 22.8. The van der Waals surface area contributed by atoms with E-state index < -0.39 is 4.92 Å². The van der Waals surface area contributed by atoms with Crippen molar-refractivity contribution in [1.29, 1.82) is 0 Å². The van der Waals surface area contributed by atoms with Gasteiger partial charge in [0.25, 0.3) is 5.69 Å². The summed E-state index contributed by atoms with van der Waals surface area (Å²) < 4.78 is 11.2. The monoisotopic (exact) mass is 431 g/mol. The summed E-state index contributed by atoms with van der Waals surface area (Å²) in [5.41, 5.74) is 3.46. The summed E-state index contributed by atoms with van der Waals surface area (Å²) in [6.07, 6.45) is 3.31. The van der Waals surface area contributed by atoms with Crippen LogP contribution in [-0.4, -0.2) is 17.8 Å². The molecule has 3 aromatic carbocycles. The predicted octanol–water partition coefficient (Wildman–Crippen LogP) is 6.20. The fourth-order valence-corrected chi connectivity index (χ4v) is 3.14. The highest BCUT2D eigenvalue weighted by atomic mass is 16.6. The first kappa shape index (κ1) is 22.7. The van der Waals surface area contributed by atoms with Gasteiger partial charge in [-0.2, -0.15) is 0 Å². The van der Waals surface area contributed by atoms with Crippen molar-refractivity contribution in [3.63, 3.8) is 0 Å². The van der Waals surface area contributed by atoms with Gasteiger partial charge in [-0.15, -0.1) is 0 Å². The maximum absolute atomic E-state index is 12.5. The number of hydrogen-bond donors (Lipinski definition) is 0. The van der Waals surface area contributed by atoms with Crippen LogP contribution in [0, 0.1) is 10.1 Å². The topological polar surface area (TPSA) is 78.7 Å². The van der Waals surface area contributed by atoms with E-state index in [0.29, 0.717) is 23.0 Å². The lowest BCUT2D eigenvalue weighted by Gasteiger charge is -2.11. The Morgan fingerprint density at radius 3 is 2.31 bits per heavy atom. The molecule has 0 radical (unpaired) electrons. The maximum atomic E-state index is 12.5. The summed E-state index contributed by atoms with van der Waals surface area (Å²) >= 11 is 0. The maximum Gasteiger partial charge on any atom is 0.269 e. The molecule has 0 atom stereocenters. The molecule has 0 aliphatic carbocycles. The summed E-state index contributed by atoms with van der Waals surface area (Å²) in [6, 6.07) is 19.1. The van der Waals surface area contributed by atoms with Gasteiger partial charge in [0.15, 0.2) is 5.78 Å². The standard InChI is InChI=1S/C26H25NO5/c1-18(2)20-6-8-21(9-7-20)25(28)14-4-19-5-15-26(31-3)22(16-19)17-32-24-12-10-23(11-13-24)27(29)30/h4-16,18H,17H2,1-3H3/b14-4+. The fraction of sp³-hybridized carbons (Fsp3) is 0.192. The van der Waals surface area contributed by atoms with Gasteiger partial charge in [0.1, 0.15) is 18.1 Å². The van der Waals surface area contributed by atoms with Crippen LogP contribution in [0.25, 0.3) is 6.08 Å². The molecule has 0 fully saturated rings. The number of benzene rings is 3. The van der Waals surface area contributed by atoms with Gasteiger partial charge in [0.2, 0.25) is 0 Å². The van der Waals surface area contributed by atoms with E-state index in [-0.39, 0.29) is 18.1 Å². The molecule has 0 aliphatic heterocycles. The van der Waals surface area contributed by atoms with E-state index in [9.17, 15) is 14.9 Å². The second-order valence-electron chi connectivity index (χ2n) is 7.59. The summed E-state index contributed by atoms with van der Waals surface area (Å²) in [5, 5.41) is 10.8. The van der Waals surface area contributed by atoms with Gasteiger partial charge in [0.05, 0.1) is 12.0 Å². The molecule has 6 nitrogen and oxygen atoms in total. The van der Waals surface area contributed by atoms with Crippen LogP contribution in [0.15, 0.2) is 72.8 Å². The molecule has 0 spiro atoms. The highest BCUT2D eigenvalue weighted by molar-refractivity contribution is 6.06. The smallest absolute Gasteiger partial charge is 0.269 e. The van der Waals surface area contributed by atoms with E-state index in [2.05, 4.69) is 13.8 Å². The zero-order valence-electron chi connectivity index (χ0n) is 18.3. The molecule has 0 saturated heterocycles. The molecule has 164 valence electrons. The zero-order chi connectivity index (χ0) is 23.1. The number of ether oxygens (including phenoxy) is 2. The average molecular weight is 431 g/mol. The third-order valence-corrected chi connectivity index (χ3v) is 5.04. The van der Waals surface area contributed by atoms with Crippen LogP contribution in [0.2, 0.25) is 0 Å². The highest BCUT2D eigenvalue weighted by Crippen LogP contribution is 2.24. The van der Waals surface area contributed by atoms with Crippen molar-refractivity contribution in [3.8, 4) is 11.5 Å². The second kappa shape index (κ2) is 10.4. The Morgan fingerprint density at radius 1 is 1.03 bits per heavy atom.